The first-order valence-corrected chi connectivity index (χ1v) is 6.60. The second-order valence-electron chi connectivity index (χ2n) is 4.78. The molecule has 0 radical (unpaired) electrons. The number of halogens is 1. The number of hydrogen-bond donors (Lipinski definition) is 1. The van der Waals surface area contributed by atoms with Crippen LogP contribution in [0.5, 0.6) is 0 Å². The van der Waals surface area contributed by atoms with Crippen molar-refractivity contribution in [3.63, 3.8) is 0 Å². The van der Waals surface area contributed by atoms with Crippen molar-refractivity contribution in [2.75, 3.05) is 7.05 Å². The van der Waals surface area contributed by atoms with E-state index in [2.05, 4.69) is 10.3 Å². The molecule has 1 aromatic carbocycles. The molecule has 4 heteroatoms. The predicted molar refractivity (Wildman–Crippen MR) is 78.0 cm³/mol. The monoisotopic (exact) mass is 269 g/mol. The number of aromatic nitrogens is 2. The first-order chi connectivity index (χ1) is 9.79. The summed E-state index contributed by atoms with van der Waals surface area (Å²) in [7, 11) is 1.91. The average Bonchev–Trinajstić information content (AvgIpc) is 2.81. The number of nitrogens with zero attached hydrogens (tertiary/aromatic N) is 2. The van der Waals surface area contributed by atoms with Crippen molar-refractivity contribution < 1.29 is 4.39 Å². The van der Waals surface area contributed by atoms with E-state index in [4.69, 9.17) is 0 Å². The summed E-state index contributed by atoms with van der Waals surface area (Å²) in [5, 5.41) is 4.26. The van der Waals surface area contributed by atoms with E-state index in [-0.39, 0.29) is 5.82 Å². The molecule has 2 aromatic heterocycles. The zero-order chi connectivity index (χ0) is 13.9. The van der Waals surface area contributed by atoms with Crippen molar-refractivity contribution in [3.8, 4) is 0 Å². The fourth-order valence-corrected chi connectivity index (χ4v) is 2.46. The summed E-state index contributed by atoms with van der Waals surface area (Å²) < 4.78 is 15.8. The van der Waals surface area contributed by atoms with Gasteiger partial charge in [0.1, 0.15) is 11.5 Å². The minimum Gasteiger partial charge on any atom is -0.328 e. The van der Waals surface area contributed by atoms with Crippen LogP contribution in [0.15, 0.2) is 48.8 Å². The van der Waals surface area contributed by atoms with Crippen LogP contribution in [-0.2, 0) is 13.1 Å². The molecule has 1 N–H and O–H groups in total. The van der Waals surface area contributed by atoms with Gasteiger partial charge in [-0.15, -0.1) is 0 Å². The molecule has 0 bridgehead atoms. The number of benzene rings is 1. The molecular weight excluding hydrogens is 253 g/mol. The van der Waals surface area contributed by atoms with Gasteiger partial charge in [-0.1, -0.05) is 18.2 Å². The third kappa shape index (κ3) is 2.30. The largest absolute Gasteiger partial charge is 0.328 e. The van der Waals surface area contributed by atoms with Gasteiger partial charge in [-0.25, -0.2) is 9.37 Å². The van der Waals surface area contributed by atoms with Crippen LogP contribution in [0.25, 0.3) is 11.0 Å². The molecule has 102 valence electrons. The van der Waals surface area contributed by atoms with E-state index in [0.717, 1.165) is 17.6 Å². The van der Waals surface area contributed by atoms with Crippen LogP contribution < -0.4 is 5.32 Å². The summed E-state index contributed by atoms with van der Waals surface area (Å²) >= 11 is 0. The maximum atomic E-state index is 13.8. The fourth-order valence-electron chi connectivity index (χ4n) is 2.46. The van der Waals surface area contributed by atoms with Crippen molar-refractivity contribution in [2.45, 2.75) is 13.1 Å². The fraction of sp³-hybridized carbons (Fsp3) is 0.188. The Kier molecular flexibility index (Phi) is 3.48. The van der Waals surface area contributed by atoms with Crippen molar-refractivity contribution in [3.05, 3.63) is 65.7 Å². The molecule has 3 rings (SSSR count). The number of fused-ring (bicyclic) bond motifs is 1. The normalized spacial score (nSPS) is 11.1. The van der Waals surface area contributed by atoms with Crippen molar-refractivity contribution in [1.29, 1.82) is 0 Å². The summed E-state index contributed by atoms with van der Waals surface area (Å²) in [5.41, 5.74) is 2.74. The Hall–Kier alpha value is -2.20. The van der Waals surface area contributed by atoms with Crippen LogP contribution in [0, 0.1) is 5.82 Å². The highest BCUT2D eigenvalue weighted by Crippen LogP contribution is 2.21. The Labute approximate surface area is 117 Å². The Bertz CT molecular complexity index is 733. The van der Waals surface area contributed by atoms with Gasteiger partial charge in [-0.3, -0.25) is 0 Å². The van der Waals surface area contributed by atoms with Crippen LogP contribution in [-0.4, -0.2) is 16.6 Å². The zero-order valence-corrected chi connectivity index (χ0v) is 11.3. The molecule has 2 heterocycles. The maximum Gasteiger partial charge on any atom is 0.140 e. The van der Waals surface area contributed by atoms with Gasteiger partial charge < -0.3 is 9.88 Å². The molecule has 20 heavy (non-hydrogen) atoms. The predicted octanol–water partition coefficient (Wildman–Crippen LogP) is 2.94. The number of nitrogens with one attached hydrogen (secondary N) is 1. The lowest BCUT2D eigenvalue weighted by Gasteiger charge is -2.05. The highest BCUT2D eigenvalue weighted by molar-refractivity contribution is 5.80. The lowest BCUT2D eigenvalue weighted by molar-refractivity contribution is 0.601. The van der Waals surface area contributed by atoms with Gasteiger partial charge in [0.05, 0.1) is 6.54 Å². The van der Waals surface area contributed by atoms with E-state index in [1.54, 1.807) is 12.3 Å². The minimum absolute atomic E-state index is 0.180. The van der Waals surface area contributed by atoms with Gasteiger partial charge in [0.2, 0.25) is 0 Å². The Morgan fingerprint density at radius 2 is 2.00 bits per heavy atom. The zero-order valence-electron chi connectivity index (χ0n) is 11.3. The van der Waals surface area contributed by atoms with E-state index in [0.29, 0.717) is 12.1 Å². The molecule has 0 aliphatic rings. The molecule has 0 aliphatic heterocycles. The number of hydrogen-bond acceptors (Lipinski definition) is 2. The van der Waals surface area contributed by atoms with Crippen LogP contribution in [0.4, 0.5) is 4.39 Å². The topological polar surface area (TPSA) is 29.9 Å². The van der Waals surface area contributed by atoms with Gasteiger partial charge in [0, 0.05) is 29.9 Å². The summed E-state index contributed by atoms with van der Waals surface area (Å²) in [5.74, 6) is -0.180. The lowest BCUT2D eigenvalue weighted by Crippen LogP contribution is -2.04. The first-order valence-electron chi connectivity index (χ1n) is 6.60. The lowest BCUT2D eigenvalue weighted by atomic mass is 10.2. The second-order valence-corrected chi connectivity index (χ2v) is 4.78. The van der Waals surface area contributed by atoms with Gasteiger partial charge in [-0.2, -0.15) is 0 Å². The maximum absolute atomic E-state index is 13.8. The van der Waals surface area contributed by atoms with E-state index < -0.39 is 0 Å². The molecule has 0 fully saturated rings. The van der Waals surface area contributed by atoms with Crippen LogP contribution in [0.1, 0.15) is 11.1 Å². The van der Waals surface area contributed by atoms with Gasteiger partial charge in [0.25, 0.3) is 0 Å². The third-order valence-corrected chi connectivity index (χ3v) is 3.38. The summed E-state index contributed by atoms with van der Waals surface area (Å²) in [4.78, 5) is 4.42. The highest BCUT2D eigenvalue weighted by atomic mass is 19.1. The summed E-state index contributed by atoms with van der Waals surface area (Å²) in [6.07, 6.45) is 3.81. The third-order valence-electron chi connectivity index (χ3n) is 3.38. The van der Waals surface area contributed by atoms with Crippen LogP contribution in [0.2, 0.25) is 0 Å². The van der Waals surface area contributed by atoms with Gasteiger partial charge in [0.15, 0.2) is 0 Å². The number of rotatable bonds is 4. The number of pyridine rings is 1. The highest BCUT2D eigenvalue weighted by Gasteiger charge is 2.10. The first kappa shape index (κ1) is 12.8. The Balaban J connectivity index is 2.05. The van der Waals surface area contributed by atoms with E-state index in [1.807, 2.05) is 42.1 Å². The van der Waals surface area contributed by atoms with Crippen molar-refractivity contribution in [1.82, 2.24) is 14.9 Å². The smallest absolute Gasteiger partial charge is 0.140 e. The van der Waals surface area contributed by atoms with Crippen LogP contribution >= 0.6 is 0 Å². The molecular formula is C16H16FN3. The van der Waals surface area contributed by atoms with Crippen molar-refractivity contribution in [2.24, 2.45) is 0 Å². The molecule has 3 aromatic rings. The van der Waals surface area contributed by atoms with E-state index in [9.17, 15) is 4.39 Å². The Morgan fingerprint density at radius 3 is 2.80 bits per heavy atom. The van der Waals surface area contributed by atoms with E-state index >= 15 is 0 Å². The van der Waals surface area contributed by atoms with Crippen molar-refractivity contribution >= 4 is 11.0 Å². The molecule has 0 spiro atoms. The second kappa shape index (κ2) is 5.43. The molecule has 0 atom stereocenters. The SMILES string of the molecule is CNCc1cn(Cc2ccccc2F)c2ncccc12. The van der Waals surface area contributed by atoms with Crippen LogP contribution in [0.3, 0.4) is 0 Å². The molecule has 0 amide bonds. The summed E-state index contributed by atoms with van der Waals surface area (Å²) in [6.45, 7) is 1.26. The van der Waals surface area contributed by atoms with E-state index in [1.165, 1.54) is 11.6 Å². The Morgan fingerprint density at radius 1 is 1.15 bits per heavy atom. The average molecular weight is 269 g/mol. The molecule has 0 saturated carbocycles. The quantitative estimate of drug-likeness (QED) is 0.789. The standard InChI is InChI=1S/C16H16FN3/c1-18-9-13-11-20(16-14(13)6-4-8-19-16)10-12-5-2-3-7-15(12)17/h2-8,11,18H,9-10H2,1H3. The van der Waals surface area contributed by atoms with Gasteiger partial charge in [-0.05, 0) is 30.8 Å². The molecule has 0 saturated heterocycles. The molecule has 3 nitrogen and oxygen atoms in total. The summed E-state index contributed by atoms with van der Waals surface area (Å²) in [6, 6.07) is 10.8. The molecule has 0 unspecified atom stereocenters. The van der Waals surface area contributed by atoms with Gasteiger partial charge >= 0.3 is 0 Å². The molecule has 0 aliphatic carbocycles. The minimum atomic E-state index is -0.180.